The van der Waals surface area contributed by atoms with Crippen LogP contribution in [0.15, 0.2) is 36.8 Å². The number of nitrogens with one attached hydrogen (secondary N) is 1. The first-order valence-corrected chi connectivity index (χ1v) is 10.1. The zero-order chi connectivity index (χ0) is 20.5. The highest BCUT2D eigenvalue weighted by molar-refractivity contribution is 6.10. The van der Waals surface area contributed by atoms with Gasteiger partial charge in [-0.1, -0.05) is 6.42 Å². The fourth-order valence-electron chi connectivity index (χ4n) is 4.14. The molecule has 0 aliphatic heterocycles. The minimum atomic E-state index is 0.115. The first kappa shape index (κ1) is 18.4. The summed E-state index contributed by atoms with van der Waals surface area (Å²) in [5, 5.41) is 11.4. The number of nitrogens with zero attached hydrogens (tertiary/aromatic N) is 4. The van der Waals surface area contributed by atoms with Crippen molar-refractivity contribution >= 4 is 21.9 Å². The van der Waals surface area contributed by atoms with E-state index in [0.29, 0.717) is 17.3 Å². The van der Waals surface area contributed by atoms with Crippen LogP contribution in [0.25, 0.3) is 33.1 Å². The number of aromatic nitrogens is 4. The molecule has 4 heterocycles. The van der Waals surface area contributed by atoms with Crippen molar-refractivity contribution in [3.63, 3.8) is 0 Å². The molecular weight excluding hydrogens is 378 g/mol. The molecule has 0 atom stereocenters. The van der Waals surface area contributed by atoms with Gasteiger partial charge in [0.05, 0.1) is 30.3 Å². The van der Waals surface area contributed by atoms with Gasteiger partial charge in [0.15, 0.2) is 11.4 Å². The molecule has 30 heavy (non-hydrogen) atoms. The van der Waals surface area contributed by atoms with Gasteiger partial charge in [-0.3, -0.25) is 0 Å². The molecule has 150 valence electrons. The molecule has 0 spiro atoms. The fraction of sp³-hybridized carbons (Fsp3) is 0.304. The second-order valence-electron chi connectivity index (χ2n) is 7.55. The summed E-state index contributed by atoms with van der Waals surface area (Å²) in [6.07, 6.45) is 10.9. The molecule has 1 aliphatic carbocycles. The van der Waals surface area contributed by atoms with Crippen LogP contribution in [-0.2, 0) is 0 Å². The SMILES string of the molecule is COc1cc(-c2cnc3[nH]c4cnc(C#N)c(OC5CCCCC5)c4c3c2)ccn1. The topological polar surface area (TPSA) is 96.7 Å². The van der Waals surface area contributed by atoms with E-state index in [-0.39, 0.29) is 6.10 Å². The van der Waals surface area contributed by atoms with E-state index in [1.54, 1.807) is 19.5 Å². The number of fused-ring (bicyclic) bond motifs is 3. The van der Waals surface area contributed by atoms with E-state index in [4.69, 9.17) is 9.47 Å². The van der Waals surface area contributed by atoms with Gasteiger partial charge in [0.1, 0.15) is 11.7 Å². The number of ether oxygens (including phenoxy) is 2. The molecule has 0 unspecified atom stereocenters. The third-order valence-electron chi connectivity index (χ3n) is 5.66. The van der Waals surface area contributed by atoms with Gasteiger partial charge < -0.3 is 14.5 Å². The maximum Gasteiger partial charge on any atom is 0.213 e. The normalized spacial score (nSPS) is 14.7. The van der Waals surface area contributed by atoms with Crippen LogP contribution in [0.2, 0.25) is 0 Å². The number of H-pyrrole nitrogens is 1. The number of pyridine rings is 3. The van der Waals surface area contributed by atoms with Gasteiger partial charge in [-0.25, -0.2) is 15.0 Å². The Kier molecular flexibility index (Phi) is 4.68. The number of hydrogen-bond acceptors (Lipinski definition) is 6. The molecule has 0 saturated heterocycles. The minimum absolute atomic E-state index is 0.115. The van der Waals surface area contributed by atoms with Crippen LogP contribution in [0.3, 0.4) is 0 Å². The van der Waals surface area contributed by atoms with Crippen LogP contribution in [-0.4, -0.2) is 33.1 Å². The molecule has 5 rings (SSSR count). The molecule has 1 aliphatic rings. The van der Waals surface area contributed by atoms with Gasteiger partial charge >= 0.3 is 0 Å². The molecule has 1 fully saturated rings. The van der Waals surface area contributed by atoms with Crippen molar-refractivity contribution in [2.24, 2.45) is 0 Å². The number of nitriles is 1. The van der Waals surface area contributed by atoms with Crippen molar-refractivity contribution in [1.29, 1.82) is 5.26 Å². The number of hydrogen-bond donors (Lipinski definition) is 1. The molecule has 1 saturated carbocycles. The summed E-state index contributed by atoms with van der Waals surface area (Å²) in [5.74, 6) is 1.10. The lowest BCUT2D eigenvalue weighted by Crippen LogP contribution is -2.20. The van der Waals surface area contributed by atoms with Gasteiger partial charge in [0.2, 0.25) is 5.88 Å². The van der Waals surface area contributed by atoms with Gasteiger partial charge in [0.25, 0.3) is 0 Å². The first-order valence-electron chi connectivity index (χ1n) is 10.1. The van der Waals surface area contributed by atoms with Crippen LogP contribution < -0.4 is 9.47 Å². The summed E-state index contributed by atoms with van der Waals surface area (Å²) in [5.41, 5.74) is 3.75. The van der Waals surface area contributed by atoms with E-state index in [9.17, 15) is 5.26 Å². The van der Waals surface area contributed by atoms with Crippen LogP contribution in [0.5, 0.6) is 11.6 Å². The summed E-state index contributed by atoms with van der Waals surface area (Å²) >= 11 is 0. The van der Waals surface area contributed by atoms with Crippen molar-refractivity contribution in [1.82, 2.24) is 19.9 Å². The lowest BCUT2D eigenvalue weighted by atomic mass is 9.97. The monoisotopic (exact) mass is 399 g/mol. The Labute approximate surface area is 173 Å². The van der Waals surface area contributed by atoms with Gasteiger partial charge in [-0.2, -0.15) is 5.26 Å². The van der Waals surface area contributed by atoms with Crippen molar-refractivity contribution in [2.75, 3.05) is 7.11 Å². The maximum atomic E-state index is 9.67. The molecule has 4 aromatic heterocycles. The van der Waals surface area contributed by atoms with Gasteiger partial charge in [0, 0.05) is 29.4 Å². The van der Waals surface area contributed by atoms with Crippen LogP contribution in [0.4, 0.5) is 0 Å². The molecular formula is C23H21N5O2. The molecule has 1 N–H and O–H groups in total. The van der Waals surface area contributed by atoms with Crippen LogP contribution in [0, 0.1) is 11.3 Å². The fourth-order valence-corrected chi connectivity index (χ4v) is 4.14. The predicted octanol–water partition coefficient (Wildman–Crippen LogP) is 4.76. The third kappa shape index (κ3) is 3.20. The molecule has 0 bridgehead atoms. The van der Waals surface area contributed by atoms with E-state index in [1.807, 2.05) is 18.3 Å². The summed E-state index contributed by atoms with van der Waals surface area (Å²) in [4.78, 5) is 16.4. The average molecular weight is 399 g/mol. The Morgan fingerprint density at radius 2 is 1.93 bits per heavy atom. The second kappa shape index (κ2) is 7.64. The highest BCUT2D eigenvalue weighted by Crippen LogP contribution is 2.37. The largest absolute Gasteiger partial charge is 0.487 e. The third-order valence-corrected chi connectivity index (χ3v) is 5.66. The van der Waals surface area contributed by atoms with Gasteiger partial charge in [-0.05, 0) is 43.4 Å². The Morgan fingerprint density at radius 3 is 2.73 bits per heavy atom. The zero-order valence-electron chi connectivity index (χ0n) is 16.7. The maximum absolute atomic E-state index is 9.67. The summed E-state index contributed by atoms with van der Waals surface area (Å²) in [6, 6.07) is 8.05. The van der Waals surface area contributed by atoms with Crippen LogP contribution >= 0.6 is 0 Å². The number of methoxy groups -OCH3 is 1. The van der Waals surface area contributed by atoms with Crippen molar-refractivity contribution < 1.29 is 9.47 Å². The second-order valence-corrected chi connectivity index (χ2v) is 7.55. The molecule has 7 nitrogen and oxygen atoms in total. The number of rotatable bonds is 4. The molecule has 4 aromatic rings. The van der Waals surface area contributed by atoms with Crippen molar-refractivity contribution in [3.05, 3.63) is 42.5 Å². The predicted molar refractivity (Wildman–Crippen MR) is 113 cm³/mol. The quantitative estimate of drug-likeness (QED) is 0.531. The van der Waals surface area contributed by atoms with E-state index >= 15 is 0 Å². The zero-order valence-corrected chi connectivity index (χ0v) is 16.7. The summed E-state index contributed by atoms with van der Waals surface area (Å²) in [7, 11) is 1.60. The highest BCUT2D eigenvalue weighted by atomic mass is 16.5. The van der Waals surface area contributed by atoms with E-state index in [2.05, 4.69) is 32.1 Å². The Balaban J connectivity index is 1.68. The van der Waals surface area contributed by atoms with Crippen LogP contribution in [0.1, 0.15) is 37.8 Å². The van der Waals surface area contributed by atoms with Gasteiger partial charge in [-0.15, -0.1) is 0 Å². The average Bonchev–Trinajstić information content (AvgIpc) is 3.18. The Morgan fingerprint density at radius 1 is 1.07 bits per heavy atom. The van der Waals surface area contributed by atoms with E-state index < -0.39 is 0 Å². The first-order chi connectivity index (χ1) is 14.8. The lowest BCUT2D eigenvalue weighted by Gasteiger charge is -2.23. The minimum Gasteiger partial charge on any atom is -0.487 e. The molecule has 0 amide bonds. The Bertz CT molecular complexity index is 1270. The van der Waals surface area contributed by atoms with Crippen molar-refractivity contribution in [2.45, 2.75) is 38.2 Å². The molecule has 7 heteroatoms. The smallest absolute Gasteiger partial charge is 0.213 e. The molecule has 0 aromatic carbocycles. The van der Waals surface area contributed by atoms with E-state index in [1.165, 1.54) is 6.42 Å². The lowest BCUT2D eigenvalue weighted by molar-refractivity contribution is 0.156. The Hall–Kier alpha value is -3.66. The summed E-state index contributed by atoms with van der Waals surface area (Å²) in [6.45, 7) is 0. The molecule has 0 radical (unpaired) electrons. The van der Waals surface area contributed by atoms with E-state index in [0.717, 1.165) is 58.7 Å². The van der Waals surface area contributed by atoms with Crippen molar-refractivity contribution in [3.8, 4) is 28.8 Å². The number of aromatic amines is 1. The standard InChI is InChI=1S/C23H21N5O2/c1-29-20-10-14(7-8-25-20)15-9-17-21-19(28-23(17)27-12-15)13-26-18(11-24)22(21)30-16-5-3-2-4-6-16/h7-10,12-13,16H,2-6H2,1H3,(H,27,28). The highest BCUT2D eigenvalue weighted by Gasteiger charge is 2.22. The summed E-state index contributed by atoms with van der Waals surface area (Å²) < 4.78 is 11.6.